The van der Waals surface area contributed by atoms with Gasteiger partial charge < -0.3 is 26.4 Å². The largest absolute Gasteiger partial charge is 0.481 e. The summed E-state index contributed by atoms with van der Waals surface area (Å²) < 4.78 is 0. The van der Waals surface area contributed by atoms with E-state index in [1.54, 1.807) is 0 Å². The molecular weight excluding hydrogens is 256 g/mol. The van der Waals surface area contributed by atoms with Gasteiger partial charge in [-0.1, -0.05) is 6.42 Å². The molecule has 0 fully saturated rings. The molecule has 19 heavy (non-hydrogen) atoms. The van der Waals surface area contributed by atoms with Gasteiger partial charge in [0.2, 0.25) is 0 Å². The van der Waals surface area contributed by atoms with Gasteiger partial charge in [-0.2, -0.15) is 0 Å². The average Bonchev–Trinajstić information content (AvgIpc) is 2.31. The minimum absolute atomic E-state index is 0.0132. The Morgan fingerprint density at radius 2 is 1.63 bits per heavy atom. The Morgan fingerprint density at radius 3 is 2.11 bits per heavy atom. The van der Waals surface area contributed by atoms with Crippen LogP contribution in [0.1, 0.15) is 32.1 Å². The van der Waals surface area contributed by atoms with Crippen LogP contribution >= 0.6 is 0 Å². The van der Waals surface area contributed by atoms with Crippen molar-refractivity contribution in [3.8, 4) is 0 Å². The van der Waals surface area contributed by atoms with Gasteiger partial charge in [-0.15, -0.1) is 0 Å². The highest BCUT2D eigenvalue weighted by molar-refractivity contribution is 5.75. The first-order valence-corrected chi connectivity index (χ1v) is 6.01. The van der Waals surface area contributed by atoms with Crippen LogP contribution in [-0.2, 0) is 14.4 Å². The van der Waals surface area contributed by atoms with Crippen LogP contribution in [0.2, 0.25) is 0 Å². The summed E-state index contributed by atoms with van der Waals surface area (Å²) in [7, 11) is 0. The Balaban J connectivity index is 3.78. The number of hydrogen-bond acceptors (Lipinski definition) is 5. The molecule has 0 aromatic rings. The molecular formula is C11H20N2O6. The van der Waals surface area contributed by atoms with Gasteiger partial charge in [-0.3, -0.25) is 14.4 Å². The summed E-state index contributed by atoms with van der Waals surface area (Å²) in [5.41, 5.74) is 5.31. The molecule has 0 saturated heterocycles. The van der Waals surface area contributed by atoms with Crippen molar-refractivity contribution in [2.45, 2.75) is 44.2 Å². The van der Waals surface area contributed by atoms with Crippen molar-refractivity contribution in [2.75, 3.05) is 6.54 Å². The summed E-state index contributed by atoms with van der Waals surface area (Å²) in [5, 5.41) is 28.6. The van der Waals surface area contributed by atoms with Crippen LogP contribution in [0, 0.1) is 0 Å². The van der Waals surface area contributed by atoms with Crippen LogP contribution in [0.3, 0.4) is 0 Å². The molecule has 0 aliphatic carbocycles. The number of rotatable bonds is 11. The lowest BCUT2D eigenvalue weighted by molar-refractivity contribution is -0.141. The molecule has 0 aliphatic rings. The molecule has 2 atom stereocenters. The molecule has 110 valence electrons. The second-order valence-electron chi connectivity index (χ2n) is 4.22. The van der Waals surface area contributed by atoms with E-state index in [-0.39, 0.29) is 12.8 Å². The van der Waals surface area contributed by atoms with Gasteiger partial charge in [0.15, 0.2) is 0 Å². The van der Waals surface area contributed by atoms with Crippen LogP contribution < -0.4 is 11.1 Å². The lowest BCUT2D eigenvalue weighted by Gasteiger charge is -2.13. The van der Waals surface area contributed by atoms with Gasteiger partial charge in [0.1, 0.15) is 12.1 Å². The molecule has 0 spiro atoms. The highest BCUT2D eigenvalue weighted by atomic mass is 16.4. The Hall–Kier alpha value is -1.67. The first-order valence-electron chi connectivity index (χ1n) is 6.01. The zero-order valence-electron chi connectivity index (χ0n) is 10.5. The molecule has 0 heterocycles. The fraction of sp³-hybridized carbons (Fsp3) is 0.727. The number of aliphatic carboxylic acids is 3. The predicted octanol–water partition coefficient (Wildman–Crippen LogP) is -0.524. The van der Waals surface area contributed by atoms with E-state index in [1.165, 1.54) is 0 Å². The summed E-state index contributed by atoms with van der Waals surface area (Å²) in [5.74, 6) is -3.19. The summed E-state index contributed by atoms with van der Waals surface area (Å²) in [6.07, 6.45) is 1.26. The molecule has 8 nitrogen and oxygen atoms in total. The molecule has 0 rings (SSSR count). The number of nitrogens with one attached hydrogen (secondary N) is 1. The highest BCUT2D eigenvalue weighted by Gasteiger charge is 2.17. The van der Waals surface area contributed by atoms with Crippen molar-refractivity contribution in [3.63, 3.8) is 0 Å². The number of hydrogen-bond donors (Lipinski definition) is 5. The van der Waals surface area contributed by atoms with Crippen LogP contribution in [0.15, 0.2) is 0 Å². The normalized spacial score (nSPS) is 13.7. The van der Waals surface area contributed by atoms with E-state index in [2.05, 4.69) is 5.32 Å². The van der Waals surface area contributed by atoms with Crippen molar-refractivity contribution in [1.29, 1.82) is 0 Å². The molecule has 0 radical (unpaired) electrons. The van der Waals surface area contributed by atoms with E-state index >= 15 is 0 Å². The third-order valence-electron chi connectivity index (χ3n) is 2.59. The summed E-state index contributed by atoms with van der Waals surface area (Å²) in [4.78, 5) is 31.6. The van der Waals surface area contributed by atoms with Gasteiger partial charge >= 0.3 is 17.9 Å². The topological polar surface area (TPSA) is 150 Å². The minimum atomic E-state index is -1.09. The number of carbonyl (C=O) groups is 3. The number of carboxylic acid groups (broad SMARTS) is 3. The molecule has 0 amide bonds. The molecule has 0 aliphatic heterocycles. The van der Waals surface area contributed by atoms with E-state index < -0.39 is 30.0 Å². The summed E-state index contributed by atoms with van der Waals surface area (Å²) in [6, 6.07) is -1.80. The van der Waals surface area contributed by atoms with Crippen molar-refractivity contribution >= 4 is 17.9 Å². The third kappa shape index (κ3) is 8.97. The molecule has 0 bridgehead atoms. The molecule has 0 aromatic heterocycles. The molecule has 6 N–H and O–H groups in total. The van der Waals surface area contributed by atoms with E-state index in [9.17, 15) is 14.4 Å². The van der Waals surface area contributed by atoms with Crippen molar-refractivity contribution in [2.24, 2.45) is 5.73 Å². The summed E-state index contributed by atoms with van der Waals surface area (Å²) >= 11 is 0. The van der Waals surface area contributed by atoms with Gasteiger partial charge in [0.05, 0.1) is 0 Å². The lowest BCUT2D eigenvalue weighted by atomic mass is 10.1. The zero-order valence-corrected chi connectivity index (χ0v) is 10.5. The molecule has 8 heteroatoms. The van der Waals surface area contributed by atoms with Crippen molar-refractivity contribution in [3.05, 3.63) is 0 Å². The van der Waals surface area contributed by atoms with Crippen LogP contribution in [0.5, 0.6) is 0 Å². The van der Waals surface area contributed by atoms with E-state index in [0.29, 0.717) is 25.8 Å². The van der Waals surface area contributed by atoms with E-state index in [0.717, 1.165) is 0 Å². The standard InChI is InChI=1S/C11H20N2O6/c12-7(10(16)17)3-1-2-6-13-8(11(18)19)4-5-9(14)15/h7-8,13H,1-6,12H2,(H,14,15)(H,16,17)(H,18,19)/t7-,8-/m0/s1. The number of unbranched alkanes of at least 4 members (excludes halogenated alkanes) is 1. The Bertz CT molecular complexity index is 320. The monoisotopic (exact) mass is 276 g/mol. The van der Waals surface area contributed by atoms with Gasteiger partial charge in [-0.25, -0.2) is 0 Å². The average molecular weight is 276 g/mol. The highest BCUT2D eigenvalue weighted by Crippen LogP contribution is 2.01. The number of nitrogens with two attached hydrogens (primary N) is 1. The minimum Gasteiger partial charge on any atom is -0.481 e. The third-order valence-corrected chi connectivity index (χ3v) is 2.59. The van der Waals surface area contributed by atoms with Crippen LogP contribution in [0.4, 0.5) is 0 Å². The van der Waals surface area contributed by atoms with Crippen molar-refractivity contribution < 1.29 is 29.7 Å². The fourth-order valence-electron chi connectivity index (χ4n) is 1.47. The smallest absolute Gasteiger partial charge is 0.320 e. The van der Waals surface area contributed by atoms with Gasteiger partial charge in [0, 0.05) is 6.42 Å². The molecule has 0 aromatic carbocycles. The maximum absolute atomic E-state index is 10.8. The maximum atomic E-state index is 10.8. The zero-order chi connectivity index (χ0) is 14.8. The SMILES string of the molecule is N[C@@H](CCCCN[C@@H](CCC(=O)O)C(=O)O)C(=O)O. The maximum Gasteiger partial charge on any atom is 0.320 e. The van der Waals surface area contributed by atoms with E-state index in [1.807, 2.05) is 0 Å². The Morgan fingerprint density at radius 1 is 1.00 bits per heavy atom. The number of carboxylic acids is 3. The Labute approximate surface area is 110 Å². The van der Waals surface area contributed by atoms with Crippen molar-refractivity contribution in [1.82, 2.24) is 5.32 Å². The quantitative estimate of drug-likeness (QED) is 0.316. The molecule has 0 saturated carbocycles. The fourth-order valence-corrected chi connectivity index (χ4v) is 1.47. The van der Waals surface area contributed by atoms with Gasteiger partial charge in [0.25, 0.3) is 0 Å². The summed E-state index contributed by atoms with van der Waals surface area (Å²) in [6.45, 7) is 0.378. The first kappa shape index (κ1) is 17.3. The van der Waals surface area contributed by atoms with Gasteiger partial charge in [-0.05, 0) is 25.8 Å². The lowest BCUT2D eigenvalue weighted by Crippen LogP contribution is -2.37. The predicted molar refractivity (Wildman–Crippen MR) is 65.8 cm³/mol. The molecule has 0 unspecified atom stereocenters. The Kier molecular flexibility index (Phi) is 8.47. The second-order valence-corrected chi connectivity index (χ2v) is 4.22. The second kappa shape index (κ2) is 9.29. The van der Waals surface area contributed by atoms with E-state index in [4.69, 9.17) is 21.1 Å². The van der Waals surface area contributed by atoms with Crippen LogP contribution in [-0.4, -0.2) is 51.9 Å². The first-order chi connectivity index (χ1) is 8.84. The van der Waals surface area contributed by atoms with Crippen LogP contribution in [0.25, 0.3) is 0 Å².